The molecular weight excluding hydrogens is 311 g/mol. The Morgan fingerprint density at radius 2 is 2.25 bits per heavy atom. The summed E-state index contributed by atoms with van der Waals surface area (Å²) in [4.78, 5) is 18.0. The van der Waals surface area contributed by atoms with Crippen LogP contribution < -0.4 is 10.6 Å². The first-order valence-corrected chi connectivity index (χ1v) is 8.33. The maximum Gasteiger partial charge on any atom is 0.222 e. The van der Waals surface area contributed by atoms with E-state index in [2.05, 4.69) is 15.6 Å². The second-order valence-corrected chi connectivity index (χ2v) is 5.80. The van der Waals surface area contributed by atoms with Gasteiger partial charge in [-0.25, -0.2) is 9.38 Å². The topological polar surface area (TPSA) is 77.0 Å². The number of carbonyl (C=O) groups excluding carboxylic acids is 1. The molecule has 0 aliphatic carbocycles. The lowest BCUT2D eigenvalue weighted by atomic mass is 10.2. The third-order valence-corrected chi connectivity index (χ3v) is 3.96. The van der Waals surface area contributed by atoms with E-state index in [0.717, 1.165) is 13.0 Å². The number of amides is 1. The first-order valence-electron chi connectivity index (χ1n) is 8.33. The Kier molecular flexibility index (Phi) is 6.40. The number of halogens is 1. The summed E-state index contributed by atoms with van der Waals surface area (Å²) < 4.78 is 13.4. The minimum Gasteiger partial charge on any atom is -0.505 e. The molecule has 2 rings (SSSR count). The van der Waals surface area contributed by atoms with E-state index < -0.39 is 5.82 Å². The van der Waals surface area contributed by atoms with Crippen molar-refractivity contribution < 1.29 is 14.3 Å². The molecule has 3 N–H and O–H groups in total. The first kappa shape index (κ1) is 18.0. The van der Waals surface area contributed by atoms with Gasteiger partial charge < -0.3 is 20.6 Å². The van der Waals surface area contributed by atoms with Gasteiger partial charge in [0.2, 0.25) is 5.91 Å². The summed E-state index contributed by atoms with van der Waals surface area (Å²) in [6.45, 7) is 6.28. The number of aromatic hydroxyl groups is 1. The van der Waals surface area contributed by atoms with Gasteiger partial charge in [-0.15, -0.1) is 0 Å². The molecule has 1 aromatic carbocycles. The average Bonchev–Trinajstić information content (AvgIpc) is 3.03. The SMILES string of the molecule is CCNC(=NCc1ccc(O)c(F)c1)NC1CCN(C(=O)CC)C1. The van der Waals surface area contributed by atoms with Gasteiger partial charge >= 0.3 is 0 Å². The van der Waals surface area contributed by atoms with Crippen LogP contribution in [0.5, 0.6) is 5.75 Å². The Morgan fingerprint density at radius 3 is 2.92 bits per heavy atom. The van der Waals surface area contributed by atoms with Gasteiger partial charge in [0, 0.05) is 32.1 Å². The molecule has 1 aromatic rings. The number of nitrogens with one attached hydrogen (secondary N) is 2. The molecule has 0 saturated carbocycles. The molecular formula is C17H25FN4O2. The summed E-state index contributed by atoms with van der Waals surface area (Å²) in [5, 5.41) is 15.7. The molecule has 6 nitrogen and oxygen atoms in total. The summed E-state index contributed by atoms with van der Waals surface area (Å²) in [6, 6.07) is 4.41. The standard InChI is InChI=1S/C17H25FN4O2/c1-3-16(24)22-8-7-13(11-22)21-17(19-4-2)20-10-12-5-6-15(23)14(18)9-12/h5-6,9,13,23H,3-4,7-8,10-11H2,1-2H3,(H2,19,20,21). The number of phenols is 1. The molecule has 1 saturated heterocycles. The van der Waals surface area contributed by atoms with Crippen LogP contribution in [0.1, 0.15) is 32.3 Å². The van der Waals surface area contributed by atoms with Gasteiger partial charge in [0.15, 0.2) is 17.5 Å². The van der Waals surface area contributed by atoms with Gasteiger partial charge in [0.1, 0.15) is 0 Å². The second kappa shape index (κ2) is 8.52. The molecule has 0 radical (unpaired) electrons. The van der Waals surface area contributed by atoms with Crippen LogP contribution in [0.4, 0.5) is 4.39 Å². The Hall–Kier alpha value is -2.31. The van der Waals surface area contributed by atoms with Crippen molar-refractivity contribution in [3.63, 3.8) is 0 Å². The molecule has 1 fully saturated rings. The van der Waals surface area contributed by atoms with Gasteiger partial charge in [0.05, 0.1) is 6.54 Å². The summed E-state index contributed by atoms with van der Waals surface area (Å²) in [6.07, 6.45) is 1.40. The molecule has 1 heterocycles. The molecule has 24 heavy (non-hydrogen) atoms. The van der Waals surface area contributed by atoms with E-state index in [-0.39, 0.29) is 17.7 Å². The number of rotatable bonds is 5. The smallest absolute Gasteiger partial charge is 0.222 e. The Morgan fingerprint density at radius 1 is 1.46 bits per heavy atom. The van der Waals surface area contributed by atoms with Crippen molar-refractivity contribution in [2.24, 2.45) is 4.99 Å². The lowest BCUT2D eigenvalue weighted by Crippen LogP contribution is -2.45. The zero-order chi connectivity index (χ0) is 17.5. The Balaban J connectivity index is 1.96. The number of likely N-dealkylation sites (tertiary alicyclic amines) is 1. The Bertz CT molecular complexity index is 606. The Labute approximate surface area is 141 Å². The number of carbonyl (C=O) groups is 1. The summed E-state index contributed by atoms with van der Waals surface area (Å²) in [7, 11) is 0. The van der Waals surface area contributed by atoms with Crippen molar-refractivity contribution >= 4 is 11.9 Å². The van der Waals surface area contributed by atoms with Crippen molar-refractivity contribution in [1.29, 1.82) is 0 Å². The molecule has 0 aromatic heterocycles. The number of benzene rings is 1. The zero-order valence-electron chi connectivity index (χ0n) is 14.2. The van der Waals surface area contributed by atoms with E-state index in [1.54, 1.807) is 6.07 Å². The fourth-order valence-electron chi connectivity index (χ4n) is 2.66. The van der Waals surface area contributed by atoms with Crippen LogP contribution in [0.2, 0.25) is 0 Å². The van der Waals surface area contributed by atoms with E-state index >= 15 is 0 Å². The maximum atomic E-state index is 13.4. The highest BCUT2D eigenvalue weighted by Gasteiger charge is 2.25. The highest BCUT2D eigenvalue weighted by Crippen LogP contribution is 2.16. The molecule has 7 heteroatoms. The summed E-state index contributed by atoms with van der Waals surface area (Å²) >= 11 is 0. The molecule has 0 spiro atoms. The largest absolute Gasteiger partial charge is 0.505 e. The van der Waals surface area contributed by atoms with Gasteiger partial charge in [-0.3, -0.25) is 4.79 Å². The summed E-state index contributed by atoms with van der Waals surface area (Å²) in [5.41, 5.74) is 0.678. The van der Waals surface area contributed by atoms with E-state index in [4.69, 9.17) is 0 Å². The third kappa shape index (κ3) is 4.84. The van der Waals surface area contributed by atoms with E-state index in [0.29, 0.717) is 37.6 Å². The second-order valence-electron chi connectivity index (χ2n) is 5.80. The zero-order valence-corrected chi connectivity index (χ0v) is 14.2. The number of guanidine groups is 1. The maximum absolute atomic E-state index is 13.4. The van der Waals surface area contributed by atoms with Crippen LogP contribution in [0.15, 0.2) is 23.2 Å². The molecule has 1 unspecified atom stereocenters. The van der Waals surface area contributed by atoms with Gasteiger partial charge in [-0.05, 0) is 31.0 Å². The molecule has 1 amide bonds. The molecule has 1 atom stereocenters. The third-order valence-electron chi connectivity index (χ3n) is 3.96. The molecule has 0 bridgehead atoms. The normalized spacial score (nSPS) is 17.9. The predicted molar refractivity (Wildman–Crippen MR) is 91.3 cm³/mol. The minimum atomic E-state index is -0.648. The lowest BCUT2D eigenvalue weighted by molar-refractivity contribution is -0.129. The highest BCUT2D eigenvalue weighted by atomic mass is 19.1. The highest BCUT2D eigenvalue weighted by molar-refractivity contribution is 5.80. The average molecular weight is 336 g/mol. The van der Waals surface area contributed by atoms with Crippen LogP contribution in [0, 0.1) is 5.82 Å². The van der Waals surface area contributed by atoms with Gasteiger partial charge in [-0.2, -0.15) is 0 Å². The predicted octanol–water partition coefficient (Wildman–Crippen LogP) is 1.60. The number of aliphatic imine (C=N–C) groups is 1. The lowest BCUT2D eigenvalue weighted by Gasteiger charge is -2.18. The number of phenolic OH excluding ortho intramolecular Hbond substituents is 1. The molecule has 132 valence electrons. The van der Waals surface area contributed by atoms with Crippen molar-refractivity contribution in [1.82, 2.24) is 15.5 Å². The number of hydrogen-bond acceptors (Lipinski definition) is 3. The minimum absolute atomic E-state index is 0.162. The van der Waals surface area contributed by atoms with Crippen LogP contribution in [0.3, 0.4) is 0 Å². The summed E-state index contributed by atoms with van der Waals surface area (Å²) in [5.74, 6) is -0.202. The van der Waals surface area contributed by atoms with E-state index in [1.807, 2.05) is 18.7 Å². The van der Waals surface area contributed by atoms with Crippen LogP contribution in [-0.2, 0) is 11.3 Å². The van der Waals surface area contributed by atoms with Crippen molar-refractivity contribution in [2.45, 2.75) is 39.3 Å². The molecule has 1 aliphatic rings. The van der Waals surface area contributed by atoms with Crippen LogP contribution in [0.25, 0.3) is 0 Å². The number of hydrogen-bond donors (Lipinski definition) is 3. The fraction of sp³-hybridized carbons (Fsp3) is 0.529. The van der Waals surface area contributed by atoms with Crippen molar-refractivity contribution in [3.05, 3.63) is 29.6 Å². The quantitative estimate of drug-likeness (QED) is 0.564. The molecule has 1 aliphatic heterocycles. The van der Waals surface area contributed by atoms with Gasteiger partial charge in [-0.1, -0.05) is 13.0 Å². The fourth-order valence-corrected chi connectivity index (χ4v) is 2.66. The van der Waals surface area contributed by atoms with Gasteiger partial charge in [0.25, 0.3) is 0 Å². The van der Waals surface area contributed by atoms with Crippen molar-refractivity contribution in [3.8, 4) is 5.75 Å². The van der Waals surface area contributed by atoms with E-state index in [9.17, 15) is 14.3 Å². The monoisotopic (exact) mass is 336 g/mol. The van der Waals surface area contributed by atoms with Crippen LogP contribution >= 0.6 is 0 Å². The van der Waals surface area contributed by atoms with E-state index in [1.165, 1.54) is 12.1 Å². The number of nitrogens with zero attached hydrogens (tertiary/aromatic N) is 2. The first-order chi connectivity index (χ1) is 11.5. The van der Waals surface area contributed by atoms with Crippen LogP contribution in [-0.4, -0.2) is 47.5 Å². The van der Waals surface area contributed by atoms with Crippen molar-refractivity contribution in [2.75, 3.05) is 19.6 Å².